The number of carbonyl (C=O) groups is 2. The summed E-state index contributed by atoms with van der Waals surface area (Å²) in [6, 6.07) is 7.27. The molecular formula is C14H15ClN2O3. The van der Waals surface area contributed by atoms with Crippen LogP contribution in [0.2, 0.25) is 5.02 Å². The number of hydrogen-bond acceptors (Lipinski definition) is 4. The first kappa shape index (κ1) is 14.5. The van der Waals surface area contributed by atoms with Crippen molar-refractivity contribution in [3.63, 3.8) is 0 Å². The van der Waals surface area contributed by atoms with E-state index in [1.165, 1.54) is 0 Å². The molecule has 5 nitrogen and oxygen atoms in total. The Kier molecular flexibility index (Phi) is 4.74. The van der Waals surface area contributed by atoms with Gasteiger partial charge in [0.15, 0.2) is 0 Å². The van der Waals surface area contributed by atoms with E-state index in [0.717, 1.165) is 16.3 Å². The number of hydrazone groups is 1. The van der Waals surface area contributed by atoms with Gasteiger partial charge in [-0.25, -0.2) is 5.01 Å². The molecule has 0 radical (unpaired) electrons. The Bertz CT molecular complexity index is 557. The van der Waals surface area contributed by atoms with Crippen LogP contribution in [-0.4, -0.2) is 35.7 Å². The van der Waals surface area contributed by atoms with Crippen LogP contribution in [0.5, 0.6) is 0 Å². The van der Waals surface area contributed by atoms with Crippen molar-refractivity contribution in [3.8, 4) is 0 Å². The van der Waals surface area contributed by atoms with Crippen molar-refractivity contribution < 1.29 is 14.3 Å². The maximum absolute atomic E-state index is 11.8. The van der Waals surface area contributed by atoms with Crippen LogP contribution in [0.1, 0.15) is 25.3 Å². The second-order valence-corrected chi connectivity index (χ2v) is 4.75. The lowest BCUT2D eigenvalue weighted by molar-refractivity contribution is -0.149. The van der Waals surface area contributed by atoms with E-state index in [1.807, 2.05) is 12.1 Å². The van der Waals surface area contributed by atoms with E-state index in [9.17, 15) is 9.59 Å². The van der Waals surface area contributed by atoms with Gasteiger partial charge in [0.1, 0.15) is 6.54 Å². The molecule has 1 aliphatic heterocycles. The Morgan fingerprint density at radius 2 is 2.25 bits per heavy atom. The summed E-state index contributed by atoms with van der Waals surface area (Å²) in [7, 11) is 0. The molecule has 0 aliphatic carbocycles. The fourth-order valence-electron chi connectivity index (χ4n) is 1.93. The molecule has 1 aromatic carbocycles. The zero-order chi connectivity index (χ0) is 14.5. The van der Waals surface area contributed by atoms with Crippen molar-refractivity contribution in [2.75, 3.05) is 13.2 Å². The van der Waals surface area contributed by atoms with E-state index in [1.54, 1.807) is 19.1 Å². The van der Waals surface area contributed by atoms with Gasteiger partial charge in [0.05, 0.1) is 12.3 Å². The first-order chi connectivity index (χ1) is 9.60. The van der Waals surface area contributed by atoms with Crippen molar-refractivity contribution in [2.24, 2.45) is 5.10 Å². The van der Waals surface area contributed by atoms with Crippen molar-refractivity contribution in [1.29, 1.82) is 0 Å². The van der Waals surface area contributed by atoms with E-state index in [4.69, 9.17) is 16.3 Å². The number of ether oxygens (including phenoxy) is 1. The summed E-state index contributed by atoms with van der Waals surface area (Å²) in [6.45, 7) is 1.85. The lowest BCUT2D eigenvalue weighted by Crippen LogP contribution is -2.36. The van der Waals surface area contributed by atoms with Gasteiger partial charge in [0.2, 0.25) is 5.91 Å². The van der Waals surface area contributed by atoms with E-state index in [0.29, 0.717) is 17.9 Å². The van der Waals surface area contributed by atoms with Gasteiger partial charge in [-0.15, -0.1) is 0 Å². The number of nitrogens with zero attached hydrogens (tertiary/aromatic N) is 2. The van der Waals surface area contributed by atoms with Crippen LogP contribution in [0, 0.1) is 0 Å². The molecule has 2 rings (SSSR count). The zero-order valence-electron chi connectivity index (χ0n) is 11.1. The second kappa shape index (κ2) is 6.52. The van der Waals surface area contributed by atoms with Gasteiger partial charge >= 0.3 is 5.97 Å². The molecule has 1 amide bonds. The minimum atomic E-state index is -0.461. The van der Waals surface area contributed by atoms with Gasteiger partial charge in [-0.05, 0) is 24.6 Å². The Morgan fingerprint density at radius 3 is 2.95 bits per heavy atom. The summed E-state index contributed by atoms with van der Waals surface area (Å²) in [4.78, 5) is 23.2. The summed E-state index contributed by atoms with van der Waals surface area (Å²) in [5.41, 5.74) is 1.61. The van der Waals surface area contributed by atoms with E-state index in [-0.39, 0.29) is 19.1 Å². The Hall–Kier alpha value is -1.88. The third-order valence-corrected chi connectivity index (χ3v) is 3.08. The molecule has 6 heteroatoms. The van der Waals surface area contributed by atoms with E-state index >= 15 is 0 Å². The molecule has 0 N–H and O–H groups in total. The molecule has 20 heavy (non-hydrogen) atoms. The molecule has 1 heterocycles. The normalized spacial score (nSPS) is 15.0. The standard InChI is InChI=1S/C14H15ClN2O3/c1-2-20-14(19)9-17-13(18)7-6-12(16-17)10-4-3-5-11(15)8-10/h3-5,8H,2,6-7,9H2,1H3. The van der Waals surface area contributed by atoms with Crippen molar-refractivity contribution in [1.82, 2.24) is 5.01 Å². The van der Waals surface area contributed by atoms with Gasteiger partial charge in [-0.3, -0.25) is 9.59 Å². The molecule has 0 saturated heterocycles. The first-order valence-corrected chi connectivity index (χ1v) is 6.77. The molecule has 0 saturated carbocycles. The van der Waals surface area contributed by atoms with Gasteiger partial charge < -0.3 is 4.74 Å². The number of esters is 1. The van der Waals surface area contributed by atoms with Crippen molar-refractivity contribution in [2.45, 2.75) is 19.8 Å². The Labute approximate surface area is 122 Å². The molecule has 0 unspecified atom stereocenters. The average Bonchev–Trinajstić information content (AvgIpc) is 2.41. The summed E-state index contributed by atoms with van der Waals surface area (Å²) in [6.07, 6.45) is 0.864. The third-order valence-electron chi connectivity index (χ3n) is 2.85. The number of benzene rings is 1. The highest BCUT2D eigenvalue weighted by Crippen LogP contribution is 2.18. The molecule has 0 spiro atoms. The topological polar surface area (TPSA) is 59.0 Å². The summed E-state index contributed by atoms with van der Waals surface area (Å²) in [5, 5.41) is 6.01. The van der Waals surface area contributed by atoms with Crippen LogP contribution < -0.4 is 0 Å². The monoisotopic (exact) mass is 294 g/mol. The quantitative estimate of drug-likeness (QED) is 0.800. The smallest absolute Gasteiger partial charge is 0.327 e. The number of hydrogen-bond donors (Lipinski definition) is 0. The minimum Gasteiger partial charge on any atom is -0.465 e. The van der Waals surface area contributed by atoms with Crippen LogP contribution in [0.25, 0.3) is 0 Å². The predicted octanol–water partition coefficient (Wildman–Crippen LogP) is 2.23. The molecule has 0 fully saturated rings. The summed E-state index contributed by atoms with van der Waals surface area (Å²) < 4.78 is 4.83. The number of halogens is 1. The Balaban J connectivity index is 2.18. The van der Waals surface area contributed by atoms with Crippen LogP contribution in [0.3, 0.4) is 0 Å². The summed E-state index contributed by atoms with van der Waals surface area (Å²) >= 11 is 5.95. The third kappa shape index (κ3) is 3.57. The largest absolute Gasteiger partial charge is 0.465 e. The molecule has 106 valence electrons. The maximum atomic E-state index is 11.8. The van der Waals surface area contributed by atoms with Gasteiger partial charge in [0.25, 0.3) is 0 Å². The van der Waals surface area contributed by atoms with Crippen molar-refractivity contribution >= 4 is 29.2 Å². The summed E-state index contributed by atoms with van der Waals surface area (Å²) in [5.74, 6) is -0.638. The van der Waals surface area contributed by atoms with Crippen LogP contribution in [-0.2, 0) is 14.3 Å². The SMILES string of the molecule is CCOC(=O)CN1N=C(c2cccc(Cl)c2)CCC1=O. The lowest BCUT2D eigenvalue weighted by Gasteiger charge is -2.22. The van der Waals surface area contributed by atoms with E-state index in [2.05, 4.69) is 5.10 Å². The van der Waals surface area contributed by atoms with E-state index < -0.39 is 5.97 Å². The second-order valence-electron chi connectivity index (χ2n) is 4.31. The average molecular weight is 295 g/mol. The number of amides is 1. The molecule has 0 atom stereocenters. The van der Waals surface area contributed by atoms with Gasteiger partial charge in [-0.2, -0.15) is 5.10 Å². The van der Waals surface area contributed by atoms with Gasteiger partial charge in [-0.1, -0.05) is 23.7 Å². The van der Waals surface area contributed by atoms with Gasteiger partial charge in [0, 0.05) is 17.9 Å². The number of rotatable bonds is 4. The highest BCUT2D eigenvalue weighted by atomic mass is 35.5. The number of carbonyl (C=O) groups excluding carboxylic acids is 2. The van der Waals surface area contributed by atoms with Crippen LogP contribution in [0.4, 0.5) is 0 Å². The van der Waals surface area contributed by atoms with Crippen LogP contribution >= 0.6 is 11.6 Å². The highest BCUT2D eigenvalue weighted by Gasteiger charge is 2.23. The highest BCUT2D eigenvalue weighted by molar-refractivity contribution is 6.31. The fraction of sp³-hybridized carbons (Fsp3) is 0.357. The maximum Gasteiger partial charge on any atom is 0.327 e. The first-order valence-electron chi connectivity index (χ1n) is 6.39. The van der Waals surface area contributed by atoms with Crippen molar-refractivity contribution in [3.05, 3.63) is 34.9 Å². The lowest BCUT2D eigenvalue weighted by atomic mass is 10.0. The molecule has 1 aromatic rings. The Morgan fingerprint density at radius 1 is 1.45 bits per heavy atom. The van der Waals surface area contributed by atoms with Crippen LogP contribution in [0.15, 0.2) is 29.4 Å². The fourth-order valence-corrected chi connectivity index (χ4v) is 2.12. The molecular weight excluding hydrogens is 280 g/mol. The predicted molar refractivity (Wildman–Crippen MR) is 75.6 cm³/mol. The molecule has 1 aliphatic rings. The minimum absolute atomic E-state index is 0.156. The molecule has 0 aromatic heterocycles. The zero-order valence-corrected chi connectivity index (χ0v) is 11.9. The molecule has 0 bridgehead atoms.